The van der Waals surface area contributed by atoms with Gasteiger partial charge in [0.15, 0.2) is 0 Å². The average Bonchev–Trinajstić information content (AvgIpc) is 2.74. The number of unbranched alkanes of at least 4 members (excludes halogenated alkanes) is 2. The van der Waals surface area contributed by atoms with E-state index in [0.717, 1.165) is 29.9 Å². The number of fused-ring (bicyclic) bond motifs is 1. The first-order valence-corrected chi connectivity index (χ1v) is 10.3. The molecule has 0 saturated carbocycles. The fraction of sp³-hybridized carbons (Fsp3) is 0.185. The number of aryl methyl sites for hydroxylation is 1. The average molecular weight is 404 g/mol. The zero-order valence-electron chi connectivity index (χ0n) is 16.9. The molecule has 4 aromatic rings. The molecule has 30 heavy (non-hydrogen) atoms. The summed E-state index contributed by atoms with van der Waals surface area (Å²) < 4.78 is 42.2. The van der Waals surface area contributed by atoms with Gasteiger partial charge in [0.2, 0.25) is 0 Å². The van der Waals surface area contributed by atoms with Gasteiger partial charge in [-0.1, -0.05) is 74.4 Å². The van der Waals surface area contributed by atoms with Crippen molar-refractivity contribution in [3.8, 4) is 22.3 Å². The summed E-state index contributed by atoms with van der Waals surface area (Å²) >= 11 is 0. The van der Waals surface area contributed by atoms with Crippen LogP contribution in [0.4, 0.5) is 13.2 Å². The zero-order valence-corrected chi connectivity index (χ0v) is 16.9. The number of rotatable bonds is 6. The van der Waals surface area contributed by atoms with E-state index in [4.69, 9.17) is 0 Å². The van der Waals surface area contributed by atoms with Gasteiger partial charge in [0.1, 0.15) is 17.5 Å². The molecule has 0 bridgehead atoms. The van der Waals surface area contributed by atoms with Gasteiger partial charge in [-0.05, 0) is 52.6 Å². The molecule has 0 N–H and O–H groups in total. The van der Waals surface area contributed by atoms with Crippen LogP contribution in [0.1, 0.15) is 31.7 Å². The van der Waals surface area contributed by atoms with E-state index in [2.05, 4.69) is 13.0 Å². The van der Waals surface area contributed by atoms with Gasteiger partial charge in [-0.15, -0.1) is 0 Å². The van der Waals surface area contributed by atoms with E-state index in [1.165, 1.54) is 30.5 Å². The summed E-state index contributed by atoms with van der Waals surface area (Å²) in [5, 5.41) is 1.50. The Morgan fingerprint density at radius 2 is 1.33 bits per heavy atom. The van der Waals surface area contributed by atoms with E-state index < -0.39 is 11.6 Å². The predicted octanol–water partition coefficient (Wildman–Crippen LogP) is 8.32. The van der Waals surface area contributed by atoms with E-state index in [0.29, 0.717) is 22.1 Å². The van der Waals surface area contributed by atoms with Crippen LogP contribution in [0, 0.1) is 17.5 Å². The minimum Gasteiger partial charge on any atom is -0.207 e. The van der Waals surface area contributed by atoms with Crippen LogP contribution in [-0.2, 0) is 6.42 Å². The summed E-state index contributed by atoms with van der Waals surface area (Å²) in [4.78, 5) is 0. The lowest BCUT2D eigenvalue weighted by Gasteiger charge is -2.10. The van der Waals surface area contributed by atoms with Crippen molar-refractivity contribution in [2.24, 2.45) is 0 Å². The minimum atomic E-state index is -0.622. The summed E-state index contributed by atoms with van der Waals surface area (Å²) in [6.07, 6.45) is 4.53. The molecule has 0 unspecified atom stereocenters. The van der Waals surface area contributed by atoms with Crippen molar-refractivity contribution in [3.05, 3.63) is 95.8 Å². The minimum absolute atomic E-state index is 0.253. The number of hydrogen-bond acceptors (Lipinski definition) is 0. The topological polar surface area (TPSA) is 0 Å². The standard InChI is InChI=1S/C27H23F3/c1-2-3-4-5-18-6-12-26-21(14-18)11-13-25(27(26)30)20-9-7-19(8-10-20)22-15-23(28)17-24(29)16-22/h6-17H,2-5H2,1H3. The highest BCUT2D eigenvalue weighted by atomic mass is 19.1. The fourth-order valence-electron chi connectivity index (χ4n) is 3.86. The van der Waals surface area contributed by atoms with Crippen molar-refractivity contribution in [2.75, 3.05) is 0 Å². The summed E-state index contributed by atoms with van der Waals surface area (Å²) in [5.74, 6) is -1.50. The van der Waals surface area contributed by atoms with Crippen LogP contribution in [-0.4, -0.2) is 0 Å². The van der Waals surface area contributed by atoms with E-state index in [-0.39, 0.29) is 5.82 Å². The molecule has 0 amide bonds. The second-order valence-corrected chi connectivity index (χ2v) is 7.68. The lowest BCUT2D eigenvalue weighted by molar-refractivity contribution is 0.584. The van der Waals surface area contributed by atoms with Crippen LogP contribution in [0.15, 0.2) is 72.8 Å². The van der Waals surface area contributed by atoms with Crippen molar-refractivity contribution in [1.82, 2.24) is 0 Å². The van der Waals surface area contributed by atoms with Crippen molar-refractivity contribution < 1.29 is 13.2 Å². The third-order valence-electron chi connectivity index (χ3n) is 5.48. The molecule has 152 valence electrons. The number of benzene rings is 4. The molecular formula is C27H23F3. The number of halogens is 3. The molecule has 4 rings (SSSR count). The smallest absolute Gasteiger partial charge is 0.138 e. The molecule has 0 nitrogen and oxygen atoms in total. The second kappa shape index (κ2) is 8.74. The molecule has 0 aliphatic rings. The molecule has 4 aromatic carbocycles. The monoisotopic (exact) mass is 404 g/mol. The first-order chi connectivity index (χ1) is 14.5. The van der Waals surface area contributed by atoms with Crippen LogP contribution in [0.3, 0.4) is 0 Å². The van der Waals surface area contributed by atoms with Gasteiger partial charge in [0.05, 0.1) is 0 Å². The van der Waals surface area contributed by atoms with Gasteiger partial charge in [-0.25, -0.2) is 13.2 Å². The summed E-state index contributed by atoms with van der Waals surface area (Å²) in [7, 11) is 0. The molecule has 0 radical (unpaired) electrons. The molecule has 0 saturated heterocycles. The zero-order chi connectivity index (χ0) is 21.1. The quantitative estimate of drug-likeness (QED) is 0.283. The molecule has 0 fully saturated rings. The van der Waals surface area contributed by atoms with Crippen LogP contribution in [0.5, 0.6) is 0 Å². The summed E-state index contributed by atoms with van der Waals surface area (Å²) in [6, 6.07) is 20.2. The van der Waals surface area contributed by atoms with Crippen LogP contribution >= 0.6 is 0 Å². The Kier molecular flexibility index (Phi) is 5.89. The molecule has 0 heterocycles. The Labute approximate surface area is 175 Å². The first kappa shape index (κ1) is 20.2. The van der Waals surface area contributed by atoms with Crippen LogP contribution in [0.2, 0.25) is 0 Å². The Morgan fingerprint density at radius 3 is 2.03 bits per heavy atom. The molecule has 0 aromatic heterocycles. The van der Waals surface area contributed by atoms with Gasteiger partial charge in [0.25, 0.3) is 0 Å². The van der Waals surface area contributed by atoms with Crippen molar-refractivity contribution in [3.63, 3.8) is 0 Å². The van der Waals surface area contributed by atoms with Crippen molar-refractivity contribution in [1.29, 1.82) is 0 Å². The molecule has 0 aliphatic carbocycles. The Bertz CT molecular complexity index is 1160. The fourth-order valence-corrected chi connectivity index (χ4v) is 3.86. The van der Waals surface area contributed by atoms with Gasteiger partial charge >= 0.3 is 0 Å². The van der Waals surface area contributed by atoms with Crippen molar-refractivity contribution in [2.45, 2.75) is 32.6 Å². The van der Waals surface area contributed by atoms with Gasteiger partial charge in [-0.2, -0.15) is 0 Å². The highest BCUT2D eigenvalue weighted by Crippen LogP contribution is 2.31. The normalized spacial score (nSPS) is 11.2. The second-order valence-electron chi connectivity index (χ2n) is 7.68. The third kappa shape index (κ3) is 4.25. The van der Waals surface area contributed by atoms with E-state index in [1.807, 2.05) is 18.2 Å². The maximum Gasteiger partial charge on any atom is 0.138 e. The van der Waals surface area contributed by atoms with Crippen LogP contribution in [0.25, 0.3) is 33.0 Å². The van der Waals surface area contributed by atoms with Crippen LogP contribution < -0.4 is 0 Å². The molecule has 0 aliphatic heterocycles. The molecule has 3 heteroatoms. The molecule has 0 atom stereocenters. The largest absolute Gasteiger partial charge is 0.207 e. The summed E-state index contributed by atoms with van der Waals surface area (Å²) in [5.41, 5.74) is 3.60. The Hall–Kier alpha value is -3.07. The predicted molar refractivity (Wildman–Crippen MR) is 118 cm³/mol. The summed E-state index contributed by atoms with van der Waals surface area (Å²) in [6.45, 7) is 2.18. The molecular weight excluding hydrogens is 381 g/mol. The van der Waals surface area contributed by atoms with E-state index in [1.54, 1.807) is 30.3 Å². The third-order valence-corrected chi connectivity index (χ3v) is 5.48. The number of hydrogen-bond donors (Lipinski definition) is 0. The highest BCUT2D eigenvalue weighted by Gasteiger charge is 2.11. The van der Waals surface area contributed by atoms with Gasteiger partial charge in [-0.3, -0.25) is 0 Å². The lowest BCUT2D eigenvalue weighted by atomic mass is 9.96. The van der Waals surface area contributed by atoms with Gasteiger partial charge in [0, 0.05) is 17.0 Å². The Morgan fingerprint density at radius 1 is 0.633 bits per heavy atom. The maximum atomic E-state index is 15.2. The van der Waals surface area contributed by atoms with Crippen molar-refractivity contribution >= 4 is 10.8 Å². The maximum absolute atomic E-state index is 15.2. The van der Waals surface area contributed by atoms with E-state index >= 15 is 4.39 Å². The Balaban J connectivity index is 1.64. The van der Waals surface area contributed by atoms with Gasteiger partial charge < -0.3 is 0 Å². The molecule has 0 spiro atoms. The van der Waals surface area contributed by atoms with E-state index in [9.17, 15) is 8.78 Å². The first-order valence-electron chi connectivity index (χ1n) is 10.3. The SMILES string of the molecule is CCCCCc1ccc2c(F)c(-c3ccc(-c4cc(F)cc(F)c4)cc3)ccc2c1. The highest BCUT2D eigenvalue weighted by molar-refractivity contribution is 5.89. The lowest BCUT2D eigenvalue weighted by Crippen LogP contribution is -1.90.